The second kappa shape index (κ2) is 8.90. The molecule has 30 heavy (non-hydrogen) atoms. The number of nitrogens with zero attached hydrogens (tertiary/aromatic N) is 1. The van der Waals surface area contributed by atoms with E-state index in [0.29, 0.717) is 5.03 Å². The number of aliphatic hydroxyl groups is 1. The van der Waals surface area contributed by atoms with Gasteiger partial charge in [0.05, 0.1) is 29.3 Å². The third kappa shape index (κ3) is 4.84. The first-order valence-corrected chi connectivity index (χ1v) is 10.2. The summed E-state index contributed by atoms with van der Waals surface area (Å²) < 4.78 is 5.52. The Hall–Kier alpha value is -2.82. The van der Waals surface area contributed by atoms with Crippen molar-refractivity contribution in [2.75, 3.05) is 0 Å². The largest absolute Gasteiger partial charge is 0.467 e. The molecule has 0 aliphatic carbocycles. The minimum atomic E-state index is -0.877. The zero-order chi connectivity index (χ0) is 21.9. The molecule has 3 aromatic rings. The van der Waals surface area contributed by atoms with Gasteiger partial charge in [0.15, 0.2) is 0 Å². The fraction of sp³-hybridized carbons (Fsp3) is 0.240. The predicted octanol–water partition coefficient (Wildman–Crippen LogP) is 6.78. The monoisotopic (exact) mass is 422 g/mol. The Morgan fingerprint density at radius 3 is 2.33 bits per heavy atom. The van der Waals surface area contributed by atoms with Gasteiger partial charge in [-0.2, -0.15) is 0 Å². The first-order chi connectivity index (χ1) is 14.2. The summed E-state index contributed by atoms with van der Waals surface area (Å²) in [5.41, 5.74) is 4.41. The summed E-state index contributed by atoms with van der Waals surface area (Å²) in [5, 5.41) is 14.3. The van der Waals surface area contributed by atoms with E-state index in [1.165, 1.54) is 0 Å². The highest BCUT2D eigenvalue weighted by molar-refractivity contribution is 6.32. The highest BCUT2D eigenvalue weighted by Gasteiger charge is 2.18. The molecule has 2 aromatic carbocycles. The minimum Gasteiger partial charge on any atom is -0.467 e. The van der Waals surface area contributed by atoms with E-state index in [4.69, 9.17) is 16.0 Å². The lowest BCUT2D eigenvalue weighted by molar-refractivity contribution is 0.0786. The Morgan fingerprint density at radius 2 is 1.80 bits per heavy atom. The Bertz CT molecular complexity index is 1040. The van der Waals surface area contributed by atoms with E-state index in [2.05, 4.69) is 17.0 Å². The minimum absolute atomic E-state index is 0.0731. The molecular formula is C25H27ClN2O2. The van der Waals surface area contributed by atoms with Gasteiger partial charge in [0, 0.05) is 10.6 Å². The van der Waals surface area contributed by atoms with Crippen molar-refractivity contribution >= 4 is 29.7 Å². The van der Waals surface area contributed by atoms with Crippen LogP contribution in [0.4, 0.5) is 5.69 Å². The van der Waals surface area contributed by atoms with Crippen LogP contribution in [0.25, 0.3) is 16.8 Å². The van der Waals surface area contributed by atoms with Gasteiger partial charge in [-0.1, -0.05) is 41.9 Å². The molecule has 1 atom stereocenters. The molecule has 0 aliphatic rings. The number of rotatable bonds is 7. The van der Waals surface area contributed by atoms with Crippen LogP contribution in [0, 0.1) is 0 Å². The molecule has 1 aromatic heterocycles. The molecule has 0 saturated heterocycles. The van der Waals surface area contributed by atoms with Crippen molar-refractivity contribution in [1.82, 2.24) is 5.32 Å². The lowest BCUT2D eigenvalue weighted by atomic mass is 9.94. The summed E-state index contributed by atoms with van der Waals surface area (Å²) in [7, 11) is 0. The second-order valence-electron chi connectivity index (χ2n) is 7.82. The van der Waals surface area contributed by atoms with Crippen LogP contribution in [0.2, 0.25) is 0 Å². The number of hydrogen-bond donors (Lipinski definition) is 2. The van der Waals surface area contributed by atoms with Crippen molar-refractivity contribution in [1.29, 1.82) is 0 Å². The normalized spacial score (nSPS) is 13.5. The van der Waals surface area contributed by atoms with Crippen LogP contribution in [-0.2, 0) is 5.60 Å². The molecule has 5 heteroatoms. The van der Waals surface area contributed by atoms with E-state index in [1.54, 1.807) is 20.1 Å². The van der Waals surface area contributed by atoms with E-state index in [9.17, 15) is 5.11 Å². The van der Waals surface area contributed by atoms with Crippen molar-refractivity contribution in [3.8, 4) is 11.1 Å². The first-order valence-electron chi connectivity index (χ1n) is 9.81. The SMILES string of the molecule is C=Nc1ccc(-c2ccc(C(C)(C)O)cc2)cc1/C(NC(C)c1ccco1)=C(\C)Cl. The molecule has 156 valence electrons. The third-order valence-electron chi connectivity index (χ3n) is 5.04. The van der Waals surface area contributed by atoms with Gasteiger partial charge in [-0.05, 0) is 75.4 Å². The topological polar surface area (TPSA) is 57.8 Å². The van der Waals surface area contributed by atoms with Crippen molar-refractivity contribution in [2.24, 2.45) is 4.99 Å². The number of furan rings is 1. The summed E-state index contributed by atoms with van der Waals surface area (Å²) in [6, 6.07) is 17.6. The Morgan fingerprint density at radius 1 is 1.13 bits per heavy atom. The second-order valence-corrected chi connectivity index (χ2v) is 8.38. The van der Waals surface area contributed by atoms with Gasteiger partial charge in [-0.3, -0.25) is 4.99 Å². The van der Waals surface area contributed by atoms with Crippen molar-refractivity contribution < 1.29 is 9.52 Å². The van der Waals surface area contributed by atoms with E-state index < -0.39 is 5.60 Å². The van der Waals surface area contributed by atoms with Crippen LogP contribution >= 0.6 is 11.6 Å². The lowest BCUT2D eigenvalue weighted by Gasteiger charge is -2.20. The summed E-state index contributed by atoms with van der Waals surface area (Å²) in [6.45, 7) is 11.1. The third-order valence-corrected chi connectivity index (χ3v) is 5.23. The van der Waals surface area contributed by atoms with Crippen molar-refractivity contribution in [3.05, 3.63) is 82.8 Å². The Labute approximate surface area is 182 Å². The number of allylic oxidation sites excluding steroid dienone is 1. The molecule has 1 unspecified atom stereocenters. The molecule has 0 fully saturated rings. The molecule has 0 saturated carbocycles. The molecule has 4 nitrogen and oxygen atoms in total. The van der Waals surface area contributed by atoms with E-state index in [-0.39, 0.29) is 6.04 Å². The summed E-state index contributed by atoms with van der Waals surface area (Å²) in [4.78, 5) is 4.19. The molecule has 0 spiro atoms. The van der Waals surface area contributed by atoms with Gasteiger partial charge in [-0.25, -0.2) is 0 Å². The molecule has 2 N–H and O–H groups in total. The van der Waals surface area contributed by atoms with Crippen molar-refractivity contribution in [3.63, 3.8) is 0 Å². The van der Waals surface area contributed by atoms with Crippen LogP contribution in [0.1, 0.15) is 50.6 Å². The van der Waals surface area contributed by atoms with Crippen LogP contribution < -0.4 is 5.32 Å². The molecule has 0 bridgehead atoms. The lowest BCUT2D eigenvalue weighted by Crippen LogP contribution is -2.17. The highest BCUT2D eigenvalue weighted by atomic mass is 35.5. The Balaban J connectivity index is 2.01. The van der Waals surface area contributed by atoms with Gasteiger partial charge in [0.2, 0.25) is 0 Å². The fourth-order valence-electron chi connectivity index (χ4n) is 3.31. The number of aliphatic imine (C=N–C) groups is 1. The molecule has 0 amide bonds. The number of nitrogens with one attached hydrogen (secondary N) is 1. The van der Waals surface area contributed by atoms with Gasteiger partial charge in [0.1, 0.15) is 5.76 Å². The number of hydrogen-bond acceptors (Lipinski definition) is 4. The standard InChI is InChI=1S/C25H27ClN2O2/c1-16(26)24(28-17(2)23-7-6-14-30-23)21-15-19(10-13-22(21)27-5)18-8-11-20(12-9-18)25(3,4)29/h6-15,17,28-29H,5H2,1-4H3/b24-16-. The Kier molecular flexibility index (Phi) is 6.49. The molecule has 1 heterocycles. The van der Waals surface area contributed by atoms with Crippen LogP contribution in [0.5, 0.6) is 0 Å². The summed E-state index contributed by atoms with van der Waals surface area (Å²) in [5.74, 6) is 0.817. The van der Waals surface area contributed by atoms with Crippen LogP contribution in [-0.4, -0.2) is 11.8 Å². The van der Waals surface area contributed by atoms with Gasteiger partial charge >= 0.3 is 0 Å². The number of benzene rings is 2. The molecule has 3 rings (SSSR count). The molecule has 0 radical (unpaired) electrons. The zero-order valence-electron chi connectivity index (χ0n) is 17.7. The van der Waals surface area contributed by atoms with Gasteiger partial charge in [-0.15, -0.1) is 0 Å². The van der Waals surface area contributed by atoms with Gasteiger partial charge in [0.25, 0.3) is 0 Å². The number of halogens is 1. The van der Waals surface area contributed by atoms with Gasteiger partial charge < -0.3 is 14.8 Å². The maximum atomic E-state index is 10.2. The molecule has 0 aliphatic heterocycles. The maximum absolute atomic E-state index is 10.2. The smallest absolute Gasteiger partial charge is 0.125 e. The van der Waals surface area contributed by atoms with E-state index >= 15 is 0 Å². The van der Waals surface area contributed by atoms with Crippen molar-refractivity contribution in [2.45, 2.75) is 39.3 Å². The summed E-state index contributed by atoms with van der Waals surface area (Å²) in [6.07, 6.45) is 1.65. The van der Waals surface area contributed by atoms with Crippen LogP contribution in [0.3, 0.4) is 0 Å². The zero-order valence-corrected chi connectivity index (χ0v) is 18.5. The fourth-order valence-corrected chi connectivity index (χ4v) is 3.47. The van der Waals surface area contributed by atoms with E-state index in [1.807, 2.05) is 68.4 Å². The predicted molar refractivity (Wildman–Crippen MR) is 125 cm³/mol. The first kappa shape index (κ1) is 21.9. The summed E-state index contributed by atoms with van der Waals surface area (Å²) >= 11 is 6.48. The highest BCUT2D eigenvalue weighted by Crippen LogP contribution is 2.34. The molecular weight excluding hydrogens is 396 g/mol. The average molecular weight is 423 g/mol. The quantitative estimate of drug-likeness (QED) is 0.412. The van der Waals surface area contributed by atoms with E-state index in [0.717, 1.165) is 39.4 Å². The maximum Gasteiger partial charge on any atom is 0.125 e. The average Bonchev–Trinajstić information content (AvgIpc) is 3.25. The van der Waals surface area contributed by atoms with Crippen LogP contribution in [0.15, 0.2) is 75.3 Å².